The number of benzene rings is 1. The van der Waals surface area contributed by atoms with Gasteiger partial charge >= 0.3 is 0 Å². The van der Waals surface area contributed by atoms with Crippen molar-refractivity contribution in [1.82, 2.24) is 14.8 Å². The van der Waals surface area contributed by atoms with Gasteiger partial charge in [-0.1, -0.05) is 23.9 Å². The Hall–Kier alpha value is -1.60. The molecule has 7 heteroatoms. The minimum absolute atomic E-state index is 0.180. The van der Waals surface area contributed by atoms with Gasteiger partial charge in [0.25, 0.3) is 0 Å². The van der Waals surface area contributed by atoms with E-state index in [1.54, 1.807) is 6.07 Å². The Balaban J connectivity index is 1.86. The topological polar surface area (TPSA) is 43.9 Å². The van der Waals surface area contributed by atoms with Gasteiger partial charge in [0, 0.05) is 11.8 Å². The smallest absolute Gasteiger partial charge is 0.200 e. The van der Waals surface area contributed by atoms with Crippen LogP contribution in [0.1, 0.15) is 25.5 Å². The van der Waals surface area contributed by atoms with Crippen LogP contribution in [0.25, 0.3) is 11.6 Å². The fraction of sp³-hybridized carbons (Fsp3) is 0.250. The van der Waals surface area contributed by atoms with E-state index < -0.39 is 0 Å². The molecule has 0 aliphatic rings. The first-order chi connectivity index (χ1) is 11.0. The van der Waals surface area contributed by atoms with E-state index in [-0.39, 0.29) is 11.9 Å². The van der Waals surface area contributed by atoms with Crippen molar-refractivity contribution in [3.63, 3.8) is 0 Å². The second kappa shape index (κ2) is 6.88. The van der Waals surface area contributed by atoms with Crippen molar-refractivity contribution >= 4 is 27.7 Å². The summed E-state index contributed by atoms with van der Waals surface area (Å²) in [6, 6.07) is 10.5. The predicted octanol–water partition coefficient (Wildman–Crippen LogP) is 5.31. The second-order valence-electron chi connectivity index (χ2n) is 5.29. The van der Waals surface area contributed by atoms with Gasteiger partial charge in [0.15, 0.2) is 15.6 Å². The van der Waals surface area contributed by atoms with Crippen LogP contribution in [0.15, 0.2) is 50.6 Å². The minimum Gasteiger partial charge on any atom is -0.446 e. The molecule has 0 saturated heterocycles. The molecule has 0 radical (unpaired) electrons. The van der Waals surface area contributed by atoms with Crippen LogP contribution in [0, 0.1) is 5.82 Å². The van der Waals surface area contributed by atoms with E-state index in [1.807, 2.05) is 22.8 Å². The SMILES string of the molecule is CC(C)n1c(SCc2cccc(F)c2)nnc1-c1ccc(Br)o1. The Morgan fingerprint density at radius 2 is 2.09 bits per heavy atom. The maximum Gasteiger partial charge on any atom is 0.200 e. The standard InChI is InChI=1S/C16H15BrFN3OS/c1-10(2)21-15(13-6-7-14(17)22-13)19-20-16(21)23-9-11-4-3-5-12(18)8-11/h3-8,10H,9H2,1-2H3. The third-order valence-corrected chi connectivity index (χ3v) is 4.67. The zero-order chi connectivity index (χ0) is 16.4. The lowest BCUT2D eigenvalue weighted by Crippen LogP contribution is -2.04. The summed E-state index contributed by atoms with van der Waals surface area (Å²) in [6.07, 6.45) is 0. The second-order valence-corrected chi connectivity index (χ2v) is 7.02. The molecule has 0 saturated carbocycles. The highest BCUT2D eigenvalue weighted by Crippen LogP contribution is 2.31. The van der Waals surface area contributed by atoms with Gasteiger partial charge in [-0.15, -0.1) is 10.2 Å². The summed E-state index contributed by atoms with van der Waals surface area (Å²) < 4.78 is 21.5. The van der Waals surface area contributed by atoms with E-state index in [9.17, 15) is 4.39 Å². The summed E-state index contributed by atoms with van der Waals surface area (Å²) in [5.41, 5.74) is 0.913. The van der Waals surface area contributed by atoms with Crippen LogP contribution in [0.5, 0.6) is 0 Å². The van der Waals surface area contributed by atoms with Crippen molar-refractivity contribution in [3.8, 4) is 11.6 Å². The maximum atomic E-state index is 13.3. The lowest BCUT2D eigenvalue weighted by molar-refractivity contribution is 0.519. The third-order valence-electron chi connectivity index (χ3n) is 3.23. The average Bonchev–Trinajstić information content (AvgIpc) is 3.11. The van der Waals surface area contributed by atoms with Gasteiger partial charge in [-0.25, -0.2) is 4.39 Å². The summed E-state index contributed by atoms with van der Waals surface area (Å²) >= 11 is 4.83. The molecule has 0 aliphatic carbocycles. The fourth-order valence-electron chi connectivity index (χ4n) is 2.22. The number of rotatable bonds is 5. The largest absolute Gasteiger partial charge is 0.446 e. The lowest BCUT2D eigenvalue weighted by atomic mass is 10.2. The zero-order valence-electron chi connectivity index (χ0n) is 12.7. The molecule has 4 nitrogen and oxygen atoms in total. The first-order valence-corrected chi connectivity index (χ1v) is 8.90. The summed E-state index contributed by atoms with van der Waals surface area (Å²) in [7, 11) is 0. The molecule has 3 aromatic rings. The molecule has 120 valence electrons. The Labute approximate surface area is 146 Å². The van der Waals surface area contributed by atoms with E-state index in [1.165, 1.54) is 23.9 Å². The van der Waals surface area contributed by atoms with Gasteiger partial charge in [0.05, 0.1) is 0 Å². The van der Waals surface area contributed by atoms with Crippen molar-refractivity contribution in [2.75, 3.05) is 0 Å². The molecule has 3 rings (SSSR count). The Kier molecular flexibility index (Phi) is 4.87. The number of hydrogen-bond donors (Lipinski definition) is 0. The number of halogens is 2. The number of thioether (sulfide) groups is 1. The lowest BCUT2D eigenvalue weighted by Gasteiger charge is -2.12. The third kappa shape index (κ3) is 3.67. The molecule has 0 amide bonds. The highest BCUT2D eigenvalue weighted by Gasteiger charge is 2.19. The van der Waals surface area contributed by atoms with Gasteiger partial charge in [-0.2, -0.15) is 0 Å². The van der Waals surface area contributed by atoms with Crippen LogP contribution in [-0.4, -0.2) is 14.8 Å². The fourth-order valence-corrected chi connectivity index (χ4v) is 3.53. The van der Waals surface area contributed by atoms with Crippen LogP contribution in [0.4, 0.5) is 4.39 Å². The van der Waals surface area contributed by atoms with E-state index >= 15 is 0 Å². The van der Waals surface area contributed by atoms with Gasteiger partial charge in [0.2, 0.25) is 5.82 Å². The molecular weight excluding hydrogens is 381 g/mol. The van der Waals surface area contributed by atoms with Gasteiger partial charge < -0.3 is 4.42 Å². The molecule has 0 bridgehead atoms. The van der Waals surface area contributed by atoms with Crippen molar-refractivity contribution in [1.29, 1.82) is 0 Å². The van der Waals surface area contributed by atoms with Crippen molar-refractivity contribution in [2.24, 2.45) is 0 Å². The highest BCUT2D eigenvalue weighted by atomic mass is 79.9. The molecule has 1 aromatic carbocycles. The maximum absolute atomic E-state index is 13.3. The normalized spacial score (nSPS) is 11.3. The molecule has 0 unspecified atom stereocenters. The zero-order valence-corrected chi connectivity index (χ0v) is 15.1. The van der Waals surface area contributed by atoms with E-state index in [2.05, 4.69) is 40.0 Å². The van der Waals surface area contributed by atoms with E-state index in [0.717, 1.165) is 10.7 Å². The van der Waals surface area contributed by atoms with E-state index in [4.69, 9.17) is 4.42 Å². The first-order valence-electron chi connectivity index (χ1n) is 7.12. The van der Waals surface area contributed by atoms with Gasteiger partial charge in [-0.3, -0.25) is 4.57 Å². The Bertz CT molecular complexity index is 815. The van der Waals surface area contributed by atoms with Crippen LogP contribution < -0.4 is 0 Å². The van der Waals surface area contributed by atoms with Crippen molar-refractivity contribution < 1.29 is 8.81 Å². The number of nitrogens with zero attached hydrogens (tertiary/aromatic N) is 3. The molecule has 2 heterocycles. The van der Waals surface area contributed by atoms with Crippen LogP contribution >= 0.6 is 27.7 Å². The molecule has 0 aliphatic heterocycles. The number of aromatic nitrogens is 3. The molecule has 23 heavy (non-hydrogen) atoms. The minimum atomic E-state index is -0.227. The summed E-state index contributed by atoms with van der Waals surface area (Å²) in [5.74, 6) is 1.75. The molecule has 0 N–H and O–H groups in total. The van der Waals surface area contributed by atoms with Crippen molar-refractivity contribution in [3.05, 3.63) is 52.4 Å². The van der Waals surface area contributed by atoms with Gasteiger partial charge in [0.1, 0.15) is 5.82 Å². The number of hydrogen-bond acceptors (Lipinski definition) is 4. The molecule has 2 aromatic heterocycles. The van der Waals surface area contributed by atoms with Crippen LogP contribution in [0.3, 0.4) is 0 Å². The highest BCUT2D eigenvalue weighted by molar-refractivity contribution is 9.10. The van der Waals surface area contributed by atoms with Gasteiger partial charge in [-0.05, 0) is 59.6 Å². The quantitative estimate of drug-likeness (QED) is 0.548. The molecule has 0 atom stereocenters. The monoisotopic (exact) mass is 395 g/mol. The summed E-state index contributed by atoms with van der Waals surface area (Å²) in [4.78, 5) is 0. The van der Waals surface area contributed by atoms with E-state index in [0.29, 0.717) is 22.0 Å². The predicted molar refractivity (Wildman–Crippen MR) is 91.8 cm³/mol. The number of furan rings is 1. The Morgan fingerprint density at radius 1 is 1.26 bits per heavy atom. The molecule has 0 fully saturated rings. The average molecular weight is 396 g/mol. The Morgan fingerprint density at radius 3 is 2.74 bits per heavy atom. The summed E-state index contributed by atoms with van der Waals surface area (Å²) in [6.45, 7) is 4.13. The van der Waals surface area contributed by atoms with Crippen LogP contribution in [0.2, 0.25) is 0 Å². The van der Waals surface area contributed by atoms with Crippen LogP contribution in [-0.2, 0) is 5.75 Å². The molecule has 0 spiro atoms. The molecular formula is C16H15BrFN3OS. The summed E-state index contributed by atoms with van der Waals surface area (Å²) in [5, 5.41) is 9.31. The van der Waals surface area contributed by atoms with Crippen molar-refractivity contribution in [2.45, 2.75) is 30.8 Å². The first kappa shape index (κ1) is 16.3.